The molecule has 0 aromatic rings. The maximum atomic E-state index is 11.5. The Morgan fingerprint density at radius 1 is 1.18 bits per heavy atom. The first-order valence-electron chi connectivity index (χ1n) is 6.28. The maximum absolute atomic E-state index is 11.5. The number of ether oxygens (including phenoxy) is 1. The average molecular weight is 244 g/mol. The van der Waals surface area contributed by atoms with E-state index in [4.69, 9.17) is 4.74 Å². The third kappa shape index (κ3) is 8.68. The molecule has 0 bridgehead atoms. The second-order valence-corrected chi connectivity index (χ2v) is 3.81. The third-order valence-electron chi connectivity index (χ3n) is 2.32. The van der Waals surface area contributed by atoms with E-state index in [2.05, 4.69) is 12.2 Å². The van der Waals surface area contributed by atoms with Crippen molar-refractivity contribution in [3.8, 4) is 0 Å². The minimum atomic E-state index is -0.282. The van der Waals surface area contributed by atoms with Crippen molar-refractivity contribution in [2.75, 3.05) is 32.8 Å². The van der Waals surface area contributed by atoms with Gasteiger partial charge in [-0.3, -0.25) is 14.5 Å². The first kappa shape index (κ1) is 15.9. The van der Waals surface area contributed by atoms with Crippen LogP contribution in [-0.4, -0.2) is 49.6 Å². The zero-order chi connectivity index (χ0) is 13.1. The number of nitrogens with one attached hydrogen (secondary N) is 1. The zero-order valence-electron chi connectivity index (χ0n) is 11.1. The molecule has 0 unspecified atom stereocenters. The molecule has 0 radical (unpaired) electrons. The van der Waals surface area contributed by atoms with Crippen molar-refractivity contribution in [1.82, 2.24) is 10.2 Å². The molecule has 100 valence electrons. The van der Waals surface area contributed by atoms with Crippen LogP contribution in [0.25, 0.3) is 0 Å². The van der Waals surface area contributed by atoms with Crippen molar-refractivity contribution in [3.05, 3.63) is 0 Å². The first-order valence-corrected chi connectivity index (χ1v) is 6.28. The summed E-state index contributed by atoms with van der Waals surface area (Å²) in [6, 6.07) is 0. The lowest BCUT2D eigenvalue weighted by molar-refractivity contribution is -0.144. The number of hydrogen-bond donors (Lipinski definition) is 1. The number of carbonyl (C=O) groups is 2. The van der Waals surface area contributed by atoms with E-state index in [1.54, 1.807) is 11.8 Å². The Morgan fingerprint density at radius 2 is 1.88 bits per heavy atom. The molecule has 0 saturated heterocycles. The van der Waals surface area contributed by atoms with Crippen LogP contribution in [0.15, 0.2) is 0 Å². The SMILES string of the molecule is CCCCNC(=O)CN(CC)CC(=O)OCC. The summed E-state index contributed by atoms with van der Waals surface area (Å²) >= 11 is 0. The van der Waals surface area contributed by atoms with Crippen molar-refractivity contribution in [1.29, 1.82) is 0 Å². The minimum absolute atomic E-state index is 0.0374. The molecule has 0 aliphatic carbocycles. The highest BCUT2D eigenvalue weighted by Gasteiger charge is 2.13. The fourth-order valence-electron chi connectivity index (χ4n) is 1.33. The molecule has 0 aliphatic heterocycles. The summed E-state index contributed by atoms with van der Waals surface area (Å²) in [5.74, 6) is -0.319. The highest BCUT2D eigenvalue weighted by Crippen LogP contribution is 1.91. The number of esters is 1. The van der Waals surface area contributed by atoms with Crippen LogP contribution in [0, 0.1) is 0 Å². The Balaban J connectivity index is 3.86. The van der Waals surface area contributed by atoms with Crippen molar-refractivity contribution in [3.63, 3.8) is 0 Å². The molecule has 0 aromatic carbocycles. The van der Waals surface area contributed by atoms with Gasteiger partial charge in [-0.1, -0.05) is 20.3 Å². The van der Waals surface area contributed by atoms with Crippen molar-refractivity contribution in [2.45, 2.75) is 33.6 Å². The second kappa shape index (κ2) is 10.1. The fraction of sp³-hybridized carbons (Fsp3) is 0.833. The van der Waals surface area contributed by atoms with Crippen molar-refractivity contribution >= 4 is 11.9 Å². The number of rotatable bonds is 9. The Hall–Kier alpha value is -1.10. The van der Waals surface area contributed by atoms with E-state index < -0.39 is 0 Å². The monoisotopic (exact) mass is 244 g/mol. The van der Waals surface area contributed by atoms with Crippen molar-refractivity contribution in [2.24, 2.45) is 0 Å². The number of hydrogen-bond acceptors (Lipinski definition) is 4. The predicted octanol–water partition coefficient (Wildman–Crippen LogP) is 0.788. The molecule has 5 nitrogen and oxygen atoms in total. The highest BCUT2D eigenvalue weighted by atomic mass is 16.5. The van der Waals surface area contributed by atoms with Crippen LogP contribution < -0.4 is 5.32 Å². The molecular formula is C12H24N2O3. The van der Waals surface area contributed by atoms with Gasteiger partial charge < -0.3 is 10.1 Å². The lowest BCUT2D eigenvalue weighted by Gasteiger charge is -2.18. The van der Waals surface area contributed by atoms with Crippen molar-refractivity contribution < 1.29 is 14.3 Å². The zero-order valence-corrected chi connectivity index (χ0v) is 11.1. The molecule has 0 rings (SSSR count). The number of unbranched alkanes of at least 4 members (excludes halogenated alkanes) is 1. The van der Waals surface area contributed by atoms with Crippen LogP contribution in [0.5, 0.6) is 0 Å². The van der Waals surface area contributed by atoms with E-state index in [1.807, 2.05) is 6.92 Å². The summed E-state index contributed by atoms with van der Waals surface area (Å²) in [7, 11) is 0. The van der Waals surface area contributed by atoms with Gasteiger partial charge in [0, 0.05) is 6.54 Å². The van der Waals surface area contributed by atoms with Gasteiger partial charge in [-0.2, -0.15) is 0 Å². The van der Waals surface area contributed by atoms with E-state index in [0.717, 1.165) is 12.8 Å². The fourth-order valence-corrected chi connectivity index (χ4v) is 1.33. The molecular weight excluding hydrogens is 220 g/mol. The van der Waals surface area contributed by atoms with Crippen LogP contribution in [-0.2, 0) is 14.3 Å². The van der Waals surface area contributed by atoms with Gasteiger partial charge in [0.1, 0.15) is 0 Å². The smallest absolute Gasteiger partial charge is 0.320 e. The van der Waals surface area contributed by atoms with Gasteiger partial charge in [-0.05, 0) is 19.9 Å². The summed E-state index contributed by atoms with van der Waals surface area (Å²) in [4.78, 5) is 24.5. The molecule has 0 fully saturated rings. The maximum Gasteiger partial charge on any atom is 0.320 e. The lowest BCUT2D eigenvalue weighted by atomic mass is 10.3. The van der Waals surface area contributed by atoms with Gasteiger partial charge >= 0.3 is 5.97 Å². The summed E-state index contributed by atoms with van der Waals surface area (Å²) in [5, 5.41) is 2.82. The summed E-state index contributed by atoms with van der Waals surface area (Å²) in [6.07, 6.45) is 2.04. The van der Waals surface area contributed by atoms with Gasteiger partial charge in [0.25, 0.3) is 0 Å². The summed E-state index contributed by atoms with van der Waals surface area (Å²) in [5.41, 5.74) is 0. The molecule has 0 aliphatic rings. The average Bonchev–Trinajstić information content (AvgIpc) is 2.28. The second-order valence-electron chi connectivity index (χ2n) is 3.81. The van der Waals surface area contributed by atoms with E-state index in [-0.39, 0.29) is 25.0 Å². The van der Waals surface area contributed by atoms with E-state index in [9.17, 15) is 9.59 Å². The Bertz CT molecular complexity index is 232. The number of likely N-dealkylation sites (N-methyl/N-ethyl adjacent to an activating group) is 1. The molecule has 1 N–H and O–H groups in total. The molecule has 1 amide bonds. The van der Waals surface area contributed by atoms with Gasteiger partial charge in [0.05, 0.1) is 19.7 Å². The Labute approximate surface area is 103 Å². The standard InChI is InChI=1S/C12H24N2O3/c1-4-7-8-13-11(15)9-14(5-2)10-12(16)17-6-3/h4-10H2,1-3H3,(H,13,15). The quantitative estimate of drug-likeness (QED) is 0.481. The first-order chi connectivity index (χ1) is 8.13. The molecule has 17 heavy (non-hydrogen) atoms. The van der Waals surface area contributed by atoms with E-state index in [1.165, 1.54) is 0 Å². The Morgan fingerprint density at radius 3 is 2.41 bits per heavy atom. The summed E-state index contributed by atoms with van der Waals surface area (Å²) in [6.45, 7) is 7.91. The molecule has 0 atom stereocenters. The van der Waals surface area contributed by atoms with Gasteiger partial charge in [0.2, 0.25) is 5.91 Å². The molecule has 0 heterocycles. The Kier molecular flexibility index (Phi) is 9.43. The van der Waals surface area contributed by atoms with Crippen LogP contribution in [0.4, 0.5) is 0 Å². The molecule has 0 spiro atoms. The van der Waals surface area contributed by atoms with Crippen LogP contribution in [0.1, 0.15) is 33.6 Å². The van der Waals surface area contributed by atoms with E-state index >= 15 is 0 Å². The van der Waals surface area contributed by atoms with Gasteiger partial charge in [0.15, 0.2) is 0 Å². The summed E-state index contributed by atoms with van der Waals surface area (Å²) < 4.78 is 4.84. The molecule has 5 heteroatoms. The van der Waals surface area contributed by atoms with Crippen LogP contribution >= 0.6 is 0 Å². The normalized spacial score (nSPS) is 10.4. The number of nitrogens with zero attached hydrogens (tertiary/aromatic N) is 1. The third-order valence-corrected chi connectivity index (χ3v) is 2.32. The van der Waals surface area contributed by atoms with Crippen LogP contribution in [0.3, 0.4) is 0 Å². The highest BCUT2D eigenvalue weighted by molar-refractivity contribution is 5.79. The minimum Gasteiger partial charge on any atom is -0.465 e. The molecule has 0 saturated carbocycles. The van der Waals surface area contributed by atoms with E-state index in [0.29, 0.717) is 19.7 Å². The van der Waals surface area contributed by atoms with Gasteiger partial charge in [-0.25, -0.2) is 0 Å². The molecule has 0 aromatic heterocycles. The predicted molar refractivity (Wildman–Crippen MR) is 66.7 cm³/mol. The topological polar surface area (TPSA) is 58.6 Å². The number of carbonyl (C=O) groups excluding carboxylic acids is 2. The number of amides is 1. The largest absolute Gasteiger partial charge is 0.465 e. The van der Waals surface area contributed by atoms with Gasteiger partial charge in [-0.15, -0.1) is 0 Å². The van der Waals surface area contributed by atoms with Crippen LogP contribution in [0.2, 0.25) is 0 Å². The lowest BCUT2D eigenvalue weighted by Crippen LogP contribution is -2.40.